The van der Waals surface area contributed by atoms with Gasteiger partial charge in [-0.2, -0.15) is 0 Å². The first-order valence-corrected chi connectivity index (χ1v) is 6.34. The van der Waals surface area contributed by atoms with Crippen molar-refractivity contribution in [2.75, 3.05) is 6.26 Å². The van der Waals surface area contributed by atoms with E-state index in [-0.39, 0.29) is 10.5 Å². The summed E-state index contributed by atoms with van der Waals surface area (Å²) in [5.41, 5.74) is 0.0243. The number of rotatable bonds is 2. The van der Waals surface area contributed by atoms with E-state index >= 15 is 0 Å². The lowest BCUT2D eigenvalue weighted by atomic mass is 10.2. The molecule has 0 fully saturated rings. The van der Waals surface area contributed by atoms with E-state index < -0.39 is 15.7 Å². The number of nitrogens with one attached hydrogen (secondary N) is 1. The summed E-state index contributed by atoms with van der Waals surface area (Å²) in [5, 5.41) is 8.72. The first-order valence-electron chi connectivity index (χ1n) is 3.58. The molecule has 2 N–H and O–H groups in total. The number of halogens is 1. The molecule has 1 aromatic rings. The van der Waals surface area contributed by atoms with Gasteiger partial charge in [-0.05, 0) is 18.2 Å². The minimum atomic E-state index is -2.87. The molecular formula is C8H8BrNO3S. The third-order valence-corrected chi connectivity index (χ3v) is 3.16. The Balaban J connectivity index is 3.43. The van der Waals surface area contributed by atoms with Crippen LogP contribution >= 0.6 is 15.9 Å². The molecule has 0 saturated heterocycles. The number of benzene rings is 1. The van der Waals surface area contributed by atoms with Crippen LogP contribution in [0.5, 0.6) is 0 Å². The number of carboxylic acids is 1. The van der Waals surface area contributed by atoms with Gasteiger partial charge >= 0.3 is 5.97 Å². The van der Waals surface area contributed by atoms with E-state index in [0.29, 0.717) is 4.47 Å². The highest BCUT2D eigenvalue weighted by Crippen LogP contribution is 2.19. The first kappa shape index (κ1) is 11.2. The van der Waals surface area contributed by atoms with Crippen LogP contribution in [-0.4, -0.2) is 21.5 Å². The summed E-state index contributed by atoms with van der Waals surface area (Å²) < 4.78 is 19.2. The van der Waals surface area contributed by atoms with Crippen molar-refractivity contribution in [3.05, 3.63) is 28.2 Å². The Morgan fingerprint density at radius 2 is 2.07 bits per heavy atom. The fraction of sp³-hybridized carbons (Fsp3) is 0.125. The van der Waals surface area contributed by atoms with Crippen LogP contribution in [0.3, 0.4) is 0 Å². The molecule has 0 aliphatic rings. The molecule has 1 aromatic carbocycles. The second-order valence-electron chi connectivity index (χ2n) is 2.82. The van der Waals surface area contributed by atoms with E-state index in [1.807, 2.05) is 0 Å². The van der Waals surface area contributed by atoms with Gasteiger partial charge in [-0.1, -0.05) is 15.9 Å². The van der Waals surface area contributed by atoms with Crippen LogP contribution < -0.4 is 0 Å². The molecule has 0 radical (unpaired) electrons. The normalized spacial score (nSPS) is 14.7. The average molecular weight is 278 g/mol. The molecular weight excluding hydrogens is 270 g/mol. The third-order valence-electron chi connectivity index (χ3n) is 1.57. The Hall–Kier alpha value is -0.880. The summed E-state index contributed by atoms with van der Waals surface area (Å²) in [6, 6.07) is 4.14. The smallest absolute Gasteiger partial charge is 0.335 e. The summed E-state index contributed by atoms with van der Waals surface area (Å²) in [7, 11) is -2.87. The lowest BCUT2D eigenvalue weighted by Gasteiger charge is -2.03. The van der Waals surface area contributed by atoms with E-state index in [2.05, 4.69) is 15.9 Å². The number of carboxylic acid groups (broad SMARTS) is 1. The third kappa shape index (κ3) is 2.55. The fourth-order valence-corrected chi connectivity index (χ4v) is 2.26. The van der Waals surface area contributed by atoms with Gasteiger partial charge in [-0.15, -0.1) is 0 Å². The van der Waals surface area contributed by atoms with Crippen LogP contribution in [0.1, 0.15) is 10.4 Å². The zero-order valence-corrected chi connectivity index (χ0v) is 9.68. The second kappa shape index (κ2) is 3.70. The van der Waals surface area contributed by atoms with Crippen molar-refractivity contribution in [2.45, 2.75) is 4.90 Å². The molecule has 0 aliphatic heterocycles. The van der Waals surface area contributed by atoms with Crippen LogP contribution in [0.15, 0.2) is 27.6 Å². The largest absolute Gasteiger partial charge is 0.478 e. The Morgan fingerprint density at radius 3 is 2.50 bits per heavy atom. The van der Waals surface area contributed by atoms with Gasteiger partial charge in [0.2, 0.25) is 0 Å². The van der Waals surface area contributed by atoms with Gasteiger partial charge in [-0.3, -0.25) is 0 Å². The fourth-order valence-electron chi connectivity index (χ4n) is 0.911. The Labute approximate surface area is 90.1 Å². The zero-order valence-electron chi connectivity index (χ0n) is 7.28. The summed E-state index contributed by atoms with van der Waals surface area (Å²) in [4.78, 5) is 10.9. The highest BCUT2D eigenvalue weighted by Gasteiger charge is 2.10. The highest BCUT2D eigenvalue weighted by atomic mass is 79.9. The summed E-state index contributed by atoms with van der Waals surface area (Å²) in [6.07, 6.45) is 1.25. The minimum absolute atomic E-state index is 0.0243. The second-order valence-corrected chi connectivity index (χ2v) is 5.90. The van der Waals surface area contributed by atoms with E-state index in [9.17, 15) is 9.00 Å². The molecule has 4 nitrogen and oxygen atoms in total. The maximum absolute atomic E-state index is 11.4. The molecule has 6 heteroatoms. The number of carbonyl (C=O) groups is 1. The van der Waals surface area contributed by atoms with Gasteiger partial charge in [0.15, 0.2) is 0 Å². The topological polar surface area (TPSA) is 78.2 Å². The van der Waals surface area contributed by atoms with Crippen molar-refractivity contribution in [1.29, 1.82) is 4.78 Å². The maximum atomic E-state index is 11.4. The standard InChI is InChI=1S/C8H8BrNO3S/c1-14(10,13)7-3-5(8(11)12)2-6(9)4-7/h2-4,10H,1H3,(H,11,12). The van der Waals surface area contributed by atoms with Crippen molar-refractivity contribution >= 4 is 31.6 Å². The van der Waals surface area contributed by atoms with E-state index in [4.69, 9.17) is 9.89 Å². The van der Waals surface area contributed by atoms with Crippen LogP contribution in [0.4, 0.5) is 0 Å². The highest BCUT2D eigenvalue weighted by molar-refractivity contribution is 9.10. The van der Waals surface area contributed by atoms with Gasteiger partial charge in [0.25, 0.3) is 0 Å². The SMILES string of the molecule is CS(=N)(=O)c1cc(Br)cc(C(=O)O)c1. The van der Waals surface area contributed by atoms with Crippen LogP contribution in [0.25, 0.3) is 0 Å². The minimum Gasteiger partial charge on any atom is -0.478 e. The van der Waals surface area contributed by atoms with Gasteiger partial charge in [0.05, 0.1) is 15.3 Å². The van der Waals surface area contributed by atoms with E-state index in [1.165, 1.54) is 24.5 Å². The lowest BCUT2D eigenvalue weighted by Crippen LogP contribution is -2.01. The molecule has 0 amide bonds. The summed E-state index contributed by atoms with van der Waals surface area (Å²) in [6.45, 7) is 0. The predicted octanol–water partition coefficient (Wildman–Crippen LogP) is 2.18. The van der Waals surface area contributed by atoms with Gasteiger partial charge < -0.3 is 5.11 Å². The maximum Gasteiger partial charge on any atom is 0.335 e. The monoisotopic (exact) mass is 277 g/mol. The predicted molar refractivity (Wildman–Crippen MR) is 56.2 cm³/mol. The van der Waals surface area contributed by atoms with Gasteiger partial charge in [-0.25, -0.2) is 13.8 Å². The van der Waals surface area contributed by atoms with Crippen molar-refractivity contribution < 1.29 is 14.1 Å². The quantitative estimate of drug-likeness (QED) is 0.870. The van der Waals surface area contributed by atoms with E-state index in [1.54, 1.807) is 0 Å². The van der Waals surface area contributed by atoms with Crippen molar-refractivity contribution in [3.8, 4) is 0 Å². The van der Waals surface area contributed by atoms with E-state index in [0.717, 1.165) is 0 Å². The molecule has 0 spiro atoms. The first-order chi connectivity index (χ1) is 6.30. The molecule has 14 heavy (non-hydrogen) atoms. The Bertz CT molecular complexity index is 481. The number of hydrogen-bond acceptors (Lipinski definition) is 3. The Morgan fingerprint density at radius 1 is 1.50 bits per heavy atom. The van der Waals surface area contributed by atoms with Crippen LogP contribution in [-0.2, 0) is 9.73 Å². The summed E-state index contributed by atoms with van der Waals surface area (Å²) in [5.74, 6) is -1.10. The molecule has 0 saturated carbocycles. The molecule has 0 bridgehead atoms. The van der Waals surface area contributed by atoms with Crippen LogP contribution in [0.2, 0.25) is 0 Å². The molecule has 0 heterocycles. The Kier molecular flexibility index (Phi) is 2.96. The lowest BCUT2D eigenvalue weighted by molar-refractivity contribution is 0.0696. The molecule has 76 valence electrons. The van der Waals surface area contributed by atoms with Gasteiger partial charge in [0, 0.05) is 15.6 Å². The number of hydrogen-bond donors (Lipinski definition) is 2. The molecule has 0 aromatic heterocycles. The average Bonchev–Trinajstić information content (AvgIpc) is 2.01. The molecule has 1 unspecified atom stereocenters. The zero-order chi connectivity index (χ0) is 10.9. The summed E-state index contributed by atoms with van der Waals surface area (Å²) >= 11 is 3.10. The van der Waals surface area contributed by atoms with Crippen molar-refractivity contribution in [2.24, 2.45) is 0 Å². The number of aromatic carboxylic acids is 1. The molecule has 0 aliphatic carbocycles. The molecule has 1 atom stereocenters. The van der Waals surface area contributed by atoms with Crippen LogP contribution in [0, 0.1) is 4.78 Å². The molecule has 1 rings (SSSR count). The van der Waals surface area contributed by atoms with Gasteiger partial charge in [0.1, 0.15) is 0 Å². The van der Waals surface area contributed by atoms with Crippen molar-refractivity contribution in [3.63, 3.8) is 0 Å². The van der Waals surface area contributed by atoms with Crippen molar-refractivity contribution in [1.82, 2.24) is 0 Å².